The monoisotopic (exact) mass is 411 g/mol. The Morgan fingerprint density at radius 1 is 0.677 bits per heavy atom. The van der Waals surface area contributed by atoms with Crippen LogP contribution in [0.25, 0.3) is 21.8 Å². The van der Waals surface area contributed by atoms with Gasteiger partial charge in [0.05, 0.1) is 11.0 Å². The molecular formula is C27H29N3O. The van der Waals surface area contributed by atoms with Gasteiger partial charge in [0.15, 0.2) is 0 Å². The van der Waals surface area contributed by atoms with Crippen LogP contribution < -0.4 is 0 Å². The fourth-order valence-corrected chi connectivity index (χ4v) is 4.77. The summed E-state index contributed by atoms with van der Waals surface area (Å²) in [6, 6.07) is 27.1. The summed E-state index contributed by atoms with van der Waals surface area (Å²) in [5, 5.41) is 2.31. The Morgan fingerprint density at radius 2 is 1.23 bits per heavy atom. The number of rotatable bonds is 6. The quantitative estimate of drug-likeness (QED) is 0.445. The molecule has 0 amide bonds. The zero-order chi connectivity index (χ0) is 21.0. The molecule has 0 spiro atoms. The van der Waals surface area contributed by atoms with Crippen molar-refractivity contribution in [2.75, 3.05) is 32.7 Å². The summed E-state index contributed by atoms with van der Waals surface area (Å²) in [7, 11) is 0. The van der Waals surface area contributed by atoms with Gasteiger partial charge in [-0.05, 0) is 30.7 Å². The van der Waals surface area contributed by atoms with Crippen molar-refractivity contribution in [2.24, 2.45) is 0 Å². The topological polar surface area (TPSA) is 28.5 Å². The minimum atomic E-state index is 0.195. The first-order valence-electron chi connectivity index (χ1n) is 11.3. The average Bonchev–Trinajstić information content (AvgIpc) is 3.15. The molecule has 0 saturated carbocycles. The van der Waals surface area contributed by atoms with Gasteiger partial charge < -0.3 is 4.90 Å². The van der Waals surface area contributed by atoms with E-state index in [1.165, 1.54) is 5.56 Å². The van der Waals surface area contributed by atoms with Crippen LogP contribution in [0.4, 0.5) is 0 Å². The fourth-order valence-electron chi connectivity index (χ4n) is 4.77. The minimum absolute atomic E-state index is 0.195. The maximum atomic E-state index is 13.2. The Hall–Kier alpha value is -2.95. The summed E-state index contributed by atoms with van der Waals surface area (Å²) in [4.78, 5) is 18.2. The van der Waals surface area contributed by atoms with Gasteiger partial charge in [0.25, 0.3) is 0 Å². The Labute approximate surface area is 183 Å². The molecule has 2 heterocycles. The van der Waals surface area contributed by atoms with Gasteiger partial charge >= 0.3 is 0 Å². The van der Waals surface area contributed by atoms with E-state index in [1.807, 2.05) is 28.8 Å². The minimum Gasteiger partial charge on any atom is -0.301 e. The van der Waals surface area contributed by atoms with E-state index in [2.05, 4.69) is 64.4 Å². The summed E-state index contributed by atoms with van der Waals surface area (Å²) in [6.07, 6.45) is 1.48. The molecule has 31 heavy (non-hydrogen) atoms. The lowest BCUT2D eigenvalue weighted by atomic mass is 10.2. The molecule has 4 heteroatoms. The number of nitrogens with zero attached hydrogens (tertiary/aromatic N) is 3. The zero-order valence-corrected chi connectivity index (χ0v) is 17.9. The van der Waals surface area contributed by atoms with Gasteiger partial charge in [-0.3, -0.25) is 14.3 Å². The number of carbonyl (C=O) groups is 1. The first-order valence-corrected chi connectivity index (χ1v) is 11.3. The summed E-state index contributed by atoms with van der Waals surface area (Å²) >= 11 is 0. The highest BCUT2D eigenvalue weighted by Crippen LogP contribution is 2.29. The van der Waals surface area contributed by atoms with Crippen molar-refractivity contribution < 1.29 is 4.79 Å². The number of carbonyl (C=O) groups excluding carboxylic acids is 1. The second kappa shape index (κ2) is 9.04. The largest absolute Gasteiger partial charge is 0.301 e. The molecule has 1 aliphatic rings. The van der Waals surface area contributed by atoms with Crippen LogP contribution in [-0.4, -0.2) is 53.0 Å². The number of hydrogen-bond donors (Lipinski definition) is 0. The molecule has 1 saturated heterocycles. The number of para-hydroxylation sites is 2. The smallest absolute Gasteiger partial charge is 0.231 e. The molecule has 1 aromatic heterocycles. The third-order valence-electron chi connectivity index (χ3n) is 6.41. The van der Waals surface area contributed by atoms with Crippen molar-refractivity contribution in [1.29, 1.82) is 0 Å². The molecule has 0 radical (unpaired) electrons. The Kier molecular flexibility index (Phi) is 5.83. The molecule has 158 valence electrons. The van der Waals surface area contributed by atoms with Crippen LogP contribution in [0, 0.1) is 0 Å². The second-order valence-corrected chi connectivity index (χ2v) is 8.47. The molecule has 0 aliphatic carbocycles. The highest BCUT2D eigenvalue weighted by Gasteiger charge is 2.18. The summed E-state index contributed by atoms with van der Waals surface area (Å²) in [6.45, 7) is 6.36. The van der Waals surface area contributed by atoms with Crippen molar-refractivity contribution in [3.05, 3.63) is 84.4 Å². The van der Waals surface area contributed by atoms with Gasteiger partial charge in [0, 0.05) is 49.9 Å². The number of aromatic nitrogens is 1. The maximum absolute atomic E-state index is 13.2. The van der Waals surface area contributed by atoms with Gasteiger partial charge in [0.2, 0.25) is 5.91 Å². The summed E-state index contributed by atoms with van der Waals surface area (Å²) in [5.41, 5.74) is 3.42. The SMILES string of the molecule is O=C(CCCN1CCN(Cc2ccccc2)CC1)n1c2ccccc2c2ccccc21. The highest BCUT2D eigenvalue weighted by atomic mass is 16.2. The Balaban J connectivity index is 1.17. The molecule has 1 fully saturated rings. The first-order chi connectivity index (χ1) is 15.3. The summed E-state index contributed by atoms with van der Waals surface area (Å²) < 4.78 is 1.92. The van der Waals surface area contributed by atoms with Crippen LogP contribution in [0.2, 0.25) is 0 Å². The second-order valence-electron chi connectivity index (χ2n) is 8.47. The number of fused-ring (bicyclic) bond motifs is 3. The molecule has 0 atom stereocenters. The van der Waals surface area contributed by atoms with Gasteiger partial charge in [-0.2, -0.15) is 0 Å². The van der Waals surface area contributed by atoms with Gasteiger partial charge in [-0.25, -0.2) is 0 Å². The maximum Gasteiger partial charge on any atom is 0.231 e. The zero-order valence-electron chi connectivity index (χ0n) is 17.9. The molecule has 3 aromatic carbocycles. The molecule has 5 rings (SSSR count). The van der Waals surface area contributed by atoms with Crippen LogP contribution in [0.3, 0.4) is 0 Å². The van der Waals surface area contributed by atoms with Crippen LogP contribution in [0.15, 0.2) is 78.9 Å². The van der Waals surface area contributed by atoms with Crippen molar-refractivity contribution in [2.45, 2.75) is 19.4 Å². The highest BCUT2D eigenvalue weighted by molar-refractivity contribution is 6.13. The lowest BCUT2D eigenvalue weighted by Crippen LogP contribution is -2.46. The van der Waals surface area contributed by atoms with E-state index >= 15 is 0 Å². The molecule has 0 unspecified atom stereocenters. The van der Waals surface area contributed by atoms with Crippen LogP contribution >= 0.6 is 0 Å². The van der Waals surface area contributed by atoms with Crippen LogP contribution in [0.1, 0.15) is 23.2 Å². The van der Waals surface area contributed by atoms with E-state index in [-0.39, 0.29) is 5.91 Å². The predicted molar refractivity (Wildman–Crippen MR) is 127 cm³/mol. The van der Waals surface area contributed by atoms with E-state index in [0.29, 0.717) is 6.42 Å². The molecule has 4 aromatic rings. The summed E-state index contributed by atoms with van der Waals surface area (Å²) in [5.74, 6) is 0.195. The standard InChI is InChI=1S/C27H29N3O/c31-27(30-25-13-6-4-11-23(25)24-12-5-7-14-26(24)30)15-8-16-28-17-19-29(20-18-28)21-22-9-2-1-3-10-22/h1-7,9-14H,8,15-21H2. The Morgan fingerprint density at radius 3 is 1.87 bits per heavy atom. The molecule has 1 aliphatic heterocycles. The van der Waals surface area contributed by atoms with Gasteiger partial charge in [0.1, 0.15) is 0 Å². The Bertz CT molecular complexity index is 1120. The van der Waals surface area contributed by atoms with Crippen molar-refractivity contribution in [1.82, 2.24) is 14.4 Å². The first kappa shape index (κ1) is 20.0. The van der Waals surface area contributed by atoms with Crippen molar-refractivity contribution >= 4 is 27.7 Å². The van der Waals surface area contributed by atoms with E-state index in [0.717, 1.165) is 67.5 Å². The fraction of sp³-hybridized carbons (Fsp3) is 0.296. The van der Waals surface area contributed by atoms with E-state index in [1.54, 1.807) is 0 Å². The van der Waals surface area contributed by atoms with Crippen molar-refractivity contribution in [3.63, 3.8) is 0 Å². The predicted octanol–water partition coefficient (Wildman–Crippen LogP) is 5.03. The normalized spacial score (nSPS) is 15.6. The third kappa shape index (κ3) is 4.27. The van der Waals surface area contributed by atoms with Gasteiger partial charge in [-0.15, -0.1) is 0 Å². The average molecular weight is 412 g/mol. The molecule has 0 bridgehead atoms. The number of hydrogen-bond acceptors (Lipinski definition) is 3. The van der Waals surface area contributed by atoms with Crippen LogP contribution in [0.5, 0.6) is 0 Å². The van der Waals surface area contributed by atoms with Crippen molar-refractivity contribution in [3.8, 4) is 0 Å². The van der Waals surface area contributed by atoms with Gasteiger partial charge in [-0.1, -0.05) is 66.7 Å². The molecule has 4 nitrogen and oxygen atoms in total. The van der Waals surface area contributed by atoms with E-state index in [9.17, 15) is 4.79 Å². The number of benzene rings is 3. The lowest BCUT2D eigenvalue weighted by Gasteiger charge is -2.34. The van der Waals surface area contributed by atoms with Crippen LogP contribution in [-0.2, 0) is 6.54 Å². The molecular weight excluding hydrogens is 382 g/mol. The lowest BCUT2D eigenvalue weighted by molar-refractivity contribution is 0.0892. The third-order valence-corrected chi connectivity index (χ3v) is 6.41. The molecule has 0 N–H and O–H groups in total. The van der Waals surface area contributed by atoms with E-state index < -0.39 is 0 Å². The number of piperazine rings is 1. The van der Waals surface area contributed by atoms with E-state index in [4.69, 9.17) is 0 Å².